The maximum absolute atomic E-state index is 12.9. The molecule has 0 bridgehead atoms. The van der Waals surface area contributed by atoms with Crippen LogP contribution in [0.4, 0.5) is 29.3 Å². The van der Waals surface area contributed by atoms with Crippen molar-refractivity contribution in [2.45, 2.75) is 12.3 Å². The Morgan fingerprint density at radius 3 is 2.42 bits per heavy atom. The summed E-state index contributed by atoms with van der Waals surface area (Å²) in [4.78, 5) is 14.8. The fourth-order valence-corrected chi connectivity index (χ4v) is 3.39. The molecule has 2 aromatic rings. The lowest BCUT2D eigenvalue weighted by Gasteiger charge is -2.37. The number of β-amino-alcohol motifs (C(OH)–C–C–N with tert-alkyl or cyclic N) is 1. The molecule has 0 radical (unpaired) electrons. The molecule has 2 amide bonds. The zero-order valence-corrected chi connectivity index (χ0v) is 16.8. The molecule has 0 aliphatic carbocycles. The zero-order valence-electron chi connectivity index (χ0n) is 16.8. The molecule has 3 rings (SSSR count). The van der Waals surface area contributed by atoms with Gasteiger partial charge < -0.3 is 25.8 Å². The standard InChI is InChI=1S/C21H25F3N4O3/c22-21(23,24)15-2-1-3-17(12-15)28-10-8-27(9-11-28)13-18(29)14-31-19-6-4-16(5-7-19)26-20(25)30/h1-7,12,18,29H,8-11,13-14H2,(H3,25,26,30)/t18-/m0/s1. The van der Waals surface area contributed by atoms with Crippen LogP contribution >= 0.6 is 0 Å². The van der Waals surface area contributed by atoms with Crippen molar-refractivity contribution in [2.24, 2.45) is 5.73 Å². The van der Waals surface area contributed by atoms with Crippen LogP contribution in [-0.4, -0.2) is 61.5 Å². The average molecular weight is 438 g/mol. The van der Waals surface area contributed by atoms with E-state index < -0.39 is 23.9 Å². The van der Waals surface area contributed by atoms with Crippen molar-refractivity contribution in [3.63, 3.8) is 0 Å². The third-order valence-corrected chi connectivity index (χ3v) is 4.94. The smallest absolute Gasteiger partial charge is 0.416 e. The van der Waals surface area contributed by atoms with Crippen molar-refractivity contribution in [3.05, 3.63) is 54.1 Å². The number of piperazine rings is 1. The summed E-state index contributed by atoms with van der Waals surface area (Å²) in [6.45, 7) is 2.89. The number of primary amides is 1. The third-order valence-electron chi connectivity index (χ3n) is 4.94. The van der Waals surface area contributed by atoms with Crippen LogP contribution in [0.15, 0.2) is 48.5 Å². The number of urea groups is 1. The van der Waals surface area contributed by atoms with Gasteiger partial charge in [-0.3, -0.25) is 4.90 Å². The van der Waals surface area contributed by atoms with Gasteiger partial charge in [0, 0.05) is 44.1 Å². The predicted octanol–water partition coefficient (Wildman–Crippen LogP) is 2.76. The number of halogens is 3. The van der Waals surface area contributed by atoms with Crippen molar-refractivity contribution in [1.29, 1.82) is 0 Å². The second-order valence-corrected chi connectivity index (χ2v) is 7.31. The fraction of sp³-hybridized carbons (Fsp3) is 0.381. The highest BCUT2D eigenvalue weighted by Gasteiger charge is 2.31. The highest BCUT2D eigenvalue weighted by atomic mass is 19.4. The predicted molar refractivity (Wildman–Crippen MR) is 111 cm³/mol. The Bertz CT molecular complexity index is 869. The minimum absolute atomic E-state index is 0.0937. The van der Waals surface area contributed by atoms with Crippen LogP contribution in [-0.2, 0) is 6.18 Å². The van der Waals surface area contributed by atoms with E-state index >= 15 is 0 Å². The van der Waals surface area contributed by atoms with E-state index in [2.05, 4.69) is 10.2 Å². The highest BCUT2D eigenvalue weighted by Crippen LogP contribution is 2.31. The molecule has 0 saturated carbocycles. The van der Waals surface area contributed by atoms with Gasteiger partial charge in [-0.2, -0.15) is 13.2 Å². The van der Waals surface area contributed by atoms with E-state index in [1.165, 1.54) is 12.1 Å². The molecule has 0 spiro atoms. The van der Waals surface area contributed by atoms with Crippen molar-refractivity contribution in [3.8, 4) is 5.75 Å². The molecular weight excluding hydrogens is 413 g/mol. The van der Waals surface area contributed by atoms with E-state index in [0.29, 0.717) is 49.8 Å². The molecule has 0 unspecified atom stereocenters. The third kappa shape index (κ3) is 6.76. The molecular formula is C21H25F3N4O3. The maximum atomic E-state index is 12.9. The summed E-state index contributed by atoms with van der Waals surface area (Å²) in [5, 5.41) is 12.7. The van der Waals surface area contributed by atoms with Crippen molar-refractivity contribution in [1.82, 2.24) is 4.90 Å². The SMILES string of the molecule is NC(=O)Nc1ccc(OC[C@@H](O)CN2CCN(c3cccc(C(F)(F)F)c3)CC2)cc1. The lowest BCUT2D eigenvalue weighted by Crippen LogP contribution is -2.49. The summed E-state index contributed by atoms with van der Waals surface area (Å²) < 4.78 is 44.3. The minimum atomic E-state index is -4.36. The van der Waals surface area contributed by atoms with Crippen LogP contribution in [0.5, 0.6) is 5.75 Å². The monoisotopic (exact) mass is 438 g/mol. The molecule has 4 N–H and O–H groups in total. The topological polar surface area (TPSA) is 91.1 Å². The molecule has 1 aliphatic rings. The number of benzene rings is 2. The van der Waals surface area contributed by atoms with E-state index in [1.54, 1.807) is 30.3 Å². The van der Waals surface area contributed by atoms with Crippen LogP contribution in [0.25, 0.3) is 0 Å². The lowest BCUT2D eigenvalue weighted by molar-refractivity contribution is -0.137. The molecule has 0 aromatic heterocycles. The summed E-state index contributed by atoms with van der Waals surface area (Å²) in [5.74, 6) is 0.545. The molecule has 1 atom stereocenters. The first-order valence-corrected chi connectivity index (χ1v) is 9.82. The van der Waals surface area contributed by atoms with Crippen LogP contribution in [0, 0.1) is 0 Å². The van der Waals surface area contributed by atoms with Crippen molar-refractivity contribution < 1.29 is 27.8 Å². The Balaban J connectivity index is 1.43. The molecule has 10 heteroatoms. The molecule has 7 nitrogen and oxygen atoms in total. The van der Waals surface area contributed by atoms with Gasteiger partial charge in [0.15, 0.2) is 0 Å². The number of nitrogens with one attached hydrogen (secondary N) is 1. The number of alkyl halides is 3. The molecule has 1 heterocycles. The number of hydrogen-bond acceptors (Lipinski definition) is 5. The van der Waals surface area contributed by atoms with Crippen LogP contribution in [0.1, 0.15) is 5.56 Å². The van der Waals surface area contributed by atoms with Crippen molar-refractivity contribution in [2.75, 3.05) is 49.5 Å². The Kier molecular flexibility index (Phi) is 7.24. The number of carbonyl (C=O) groups is 1. The number of amides is 2. The molecule has 1 saturated heterocycles. The van der Waals surface area contributed by atoms with Gasteiger partial charge in [-0.15, -0.1) is 0 Å². The number of nitrogens with zero attached hydrogens (tertiary/aromatic N) is 2. The Morgan fingerprint density at radius 2 is 1.81 bits per heavy atom. The molecule has 168 valence electrons. The van der Waals surface area contributed by atoms with E-state index in [-0.39, 0.29) is 6.61 Å². The van der Waals surface area contributed by atoms with E-state index in [4.69, 9.17) is 10.5 Å². The number of nitrogens with two attached hydrogens (primary N) is 1. The number of aliphatic hydroxyl groups is 1. The zero-order chi connectivity index (χ0) is 22.4. The Morgan fingerprint density at radius 1 is 1.13 bits per heavy atom. The molecule has 1 aliphatic heterocycles. The summed E-state index contributed by atoms with van der Waals surface area (Å²) in [7, 11) is 0. The van der Waals surface area contributed by atoms with Crippen molar-refractivity contribution >= 4 is 17.4 Å². The second-order valence-electron chi connectivity index (χ2n) is 7.31. The number of carbonyl (C=O) groups excluding carboxylic acids is 1. The van der Waals surface area contributed by atoms with Gasteiger partial charge in [-0.25, -0.2) is 4.79 Å². The van der Waals surface area contributed by atoms with Gasteiger partial charge in [0.25, 0.3) is 0 Å². The van der Waals surface area contributed by atoms with Crippen LogP contribution in [0.2, 0.25) is 0 Å². The van der Waals surface area contributed by atoms with E-state index in [0.717, 1.165) is 6.07 Å². The molecule has 1 fully saturated rings. The lowest BCUT2D eigenvalue weighted by atomic mass is 10.1. The quantitative estimate of drug-likeness (QED) is 0.619. The van der Waals surface area contributed by atoms with Gasteiger partial charge in [0.05, 0.1) is 5.56 Å². The van der Waals surface area contributed by atoms with Gasteiger partial charge in [-0.05, 0) is 42.5 Å². The van der Waals surface area contributed by atoms with Gasteiger partial charge in [-0.1, -0.05) is 6.07 Å². The number of anilines is 2. The average Bonchev–Trinajstić information content (AvgIpc) is 2.73. The summed E-state index contributed by atoms with van der Waals surface area (Å²) in [5.41, 5.74) is 5.48. The van der Waals surface area contributed by atoms with Gasteiger partial charge in [0.2, 0.25) is 0 Å². The van der Waals surface area contributed by atoms with Gasteiger partial charge in [0.1, 0.15) is 18.5 Å². The summed E-state index contributed by atoms with van der Waals surface area (Å²) >= 11 is 0. The first-order valence-electron chi connectivity index (χ1n) is 9.82. The summed E-state index contributed by atoms with van der Waals surface area (Å²) in [6, 6.07) is 11.3. The normalized spacial score (nSPS) is 16.1. The largest absolute Gasteiger partial charge is 0.491 e. The van der Waals surface area contributed by atoms with Crippen LogP contribution < -0.4 is 20.7 Å². The van der Waals surface area contributed by atoms with E-state index in [1.807, 2.05) is 4.90 Å². The molecule has 31 heavy (non-hydrogen) atoms. The number of ether oxygens (including phenoxy) is 1. The van der Waals surface area contributed by atoms with E-state index in [9.17, 15) is 23.1 Å². The Labute approximate surface area is 178 Å². The fourth-order valence-electron chi connectivity index (χ4n) is 3.39. The maximum Gasteiger partial charge on any atom is 0.416 e. The summed E-state index contributed by atoms with van der Waals surface area (Å²) in [6.07, 6.45) is -5.08. The minimum Gasteiger partial charge on any atom is -0.491 e. The number of rotatable bonds is 7. The Hall–Kier alpha value is -2.98. The first kappa shape index (κ1) is 22.7. The molecule has 2 aromatic carbocycles. The van der Waals surface area contributed by atoms with Gasteiger partial charge >= 0.3 is 12.2 Å². The highest BCUT2D eigenvalue weighted by molar-refractivity contribution is 5.87. The van der Waals surface area contributed by atoms with Crippen LogP contribution in [0.3, 0.4) is 0 Å². The first-order chi connectivity index (χ1) is 14.7. The number of aliphatic hydroxyl groups excluding tert-OH is 1. The number of hydrogen-bond donors (Lipinski definition) is 3. The second kappa shape index (κ2) is 9.88.